The van der Waals surface area contributed by atoms with Crippen molar-refractivity contribution in [3.63, 3.8) is 0 Å². The summed E-state index contributed by atoms with van der Waals surface area (Å²) in [6.45, 7) is 13.2. The van der Waals surface area contributed by atoms with Gasteiger partial charge in [-0.05, 0) is 37.5 Å². The second kappa shape index (κ2) is 84.3. The zero-order valence-electron chi connectivity index (χ0n) is 71.6. The van der Waals surface area contributed by atoms with Gasteiger partial charge in [0.15, 0.2) is 0 Å². The second-order valence-electron chi connectivity index (χ2n) is 30.3. The zero-order valence-corrected chi connectivity index (χ0v) is 75.4. The molecule has 0 aliphatic carbocycles. The summed E-state index contributed by atoms with van der Waals surface area (Å²) in [5, 5.41) is 11.1. The van der Waals surface area contributed by atoms with E-state index in [1.54, 1.807) is 0 Å². The molecule has 0 aliphatic rings. The molecule has 0 saturated heterocycles. The number of nitrogens with one attached hydrogen (secondary N) is 4. The quantitative estimate of drug-likeness (QED) is 0.0189. The van der Waals surface area contributed by atoms with Gasteiger partial charge in [0.1, 0.15) is 0 Å². The van der Waals surface area contributed by atoms with Crippen molar-refractivity contribution in [1.82, 2.24) is 21.3 Å². The first kappa shape index (κ1) is 109. The van der Waals surface area contributed by atoms with Gasteiger partial charge in [0.05, 0.1) is 51.7 Å². The molecule has 6 atom stereocenters. The summed E-state index contributed by atoms with van der Waals surface area (Å²) in [5.41, 5.74) is 0. The average molecular weight is 1540 g/mol. The number of hydrogen-bond acceptors (Lipinski definition) is 11. The molecule has 21 heteroatoms. The van der Waals surface area contributed by atoms with E-state index >= 15 is 0 Å². The van der Waals surface area contributed by atoms with E-state index in [0.29, 0.717) is 37.9 Å². The van der Waals surface area contributed by atoms with Crippen LogP contribution in [0.1, 0.15) is 430 Å². The Hall–Kier alpha value is 0.350. The molecule has 0 saturated carbocycles. The Kier molecular flexibility index (Phi) is 87.9. The molecule has 104 heavy (non-hydrogen) atoms. The molecule has 0 heterocycles. The Bertz CT molecular complexity index is 1800. The summed E-state index contributed by atoms with van der Waals surface area (Å²) in [6, 6.07) is -2.01. The Morgan fingerprint density at radius 2 is 0.519 bits per heavy atom. The fraction of sp³-hybridized carbons (Fsp3) is 0.964. The third kappa shape index (κ3) is 80.4. The normalized spacial score (nSPS) is 13.8. The third-order valence-electron chi connectivity index (χ3n) is 20.2. The molecule has 0 radical (unpaired) electrons. The largest absolute Gasteiger partial charge is 1.00 e. The van der Waals surface area contributed by atoms with Crippen LogP contribution < -0.4 is 80.4 Å². The maximum absolute atomic E-state index is 13.3. The minimum Gasteiger partial charge on any atom is -1.00 e. The summed E-state index contributed by atoms with van der Waals surface area (Å²) in [6.07, 6.45) is 72.1. The van der Waals surface area contributed by atoms with Crippen molar-refractivity contribution in [2.45, 2.75) is 439 Å². The summed E-state index contributed by atoms with van der Waals surface area (Å²) >= 11 is 0. The van der Waals surface area contributed by atoms with Crippen LogP contribution in [0.4, 0.5) is 4.79 Å². The first-order valence-corrected chi connectivity index (χ1v) is 46.7. The Morgan fingerprint density at radius 3 is 0.760 bits per heavy atom. The maximum atomic E-state index is 13.3. The van der Waals surface area contributed by atoms with E-state index in [2.05, 4.69) is 62.8 Å². The SMILES string of the molecule is CCCCCCCCCCCCCC(=O)N[C@H](COCC[C@@H](CCCCCCC)CCCCCCCCCCCC)COP(=O)(O)OCCNC(=O)NCCOP(=O)(O)OC[C@@H](COCC[C@@H](CCCCCCC)CCCCCCCCCCCC)NC(=O)CCCCCCCCCCCCC.[H-].[H-].[Na+].[Na+]. The van der Waals surface area contributed by atoms with Crippen molar-refractivity contribution >= 4 is 33.5 Å². The van der Waals surface area contributed by atoms with Crippen LogP contribution >= 0.6 is 15.6 Å². The molecular weight excluding hydrogens is 1370 g/mol. The van der Waals surface area contributed by atoms with Gasteiger partial charge in [-0.15, -0.1) is 0 Å². The van der Waals surface area contributed by atoms with Gasteiger partial charge >= 0.3 is 80.8 Å². The van der Waals surface area contributed by atoms with Crippen LogP contribution in [0.15, 0.2) is 0 Å². The maximum Gasteiger partial charge on any atom is 1.00 e. The van der Waals surface area contributed by atoms with Crippen LogP contribution in [0, 0.1) is 11.8 Å². The number of carbonyl (C=O) groups is 3. The van der Waals surface area contributed by atoms with Crippen molar-refractivity contribution in [2.75, 3.05) is 65.9 Å². The number of phosphoric ester groups is 2. The van der Waals surface area contributed by atoms with Gasteiger partial charge in [0, 0.05) is 39.1 Å². The number of unbranched alkanes of at least 4 members (excludes halogenated alkanes) is 46. The van der Waals surface area contributed by atoms with Gasteiger partial charge in [-0.2, -0.15) is 0 Å². The molecular formula is C83H170N4Na2O13P2. The number of urea groups is 1. The standard InChI is InChI=1S/C83H168N4O13P2.2Na.2H/c1-7-13-19-25-29-33-37-41-45-51-57-63-81(88)86-79(73-95-69-65-77(59-53-47-23-17-11-5)61-55-49-43-39-35-31-27-21-15-9-3)75-99-101(91,92)97-71-67-84-83(90)85-68-72-98-102(93,94)100-76-80(87-82(89)64-58-52-46-42-38-34-30-26-20-14-8-2)74-96-70-66-78(60-54-48-24-18-12-6)62-56-50-44-40-36-32-28-22-16-10-4;;;;/h77-80H,7-76H2,1-6H3,(H,86,88)(H,87,89)(H,91,92)(H,93,94)(H2,84,85,90);;;;/q;2*+1;2*-1/t77-,78-,79+,80+;;;;/m0..../s1. The molecule has 0 aliphatic heterocycles. The first-order valence-electron chi connectivity index (χ1n) is 43.7. The molecule has 0 spiro atoms. The van der Waals surface area contributed by atoms with Crippen molar-refractivity contribution in [1.29, 1.82) is 0 Å². The Labute approximate surface area is 689 Å². The monoisotopic (exact) mass is 1540 g/mol. The number of rotatable bonds is 84. The van der Waals surface area contributed by atoms with Crippen LogP contribution in [-0.2, 0) is 46.3 Å². The third-order valence-corrected chi connectivity index (χ3v) is 22.2. The van der Waals surface area contributed by atoms with E-state index in [1.807, 2.05) is 0 Å². The molecule has 17 nitrogen and oxygen atoms in total. The van der Waals surface area contributed by atoms with Crippen LogP contribution in [0.5, 0.6) is 0 Å². The predicted octanol–water partition coefficient (Wildman–Crippen LogP) is 18.5. The van der Waals surface area contributed by atoms with Gasteiger partial charge < -0.3 is 43.4 Å². The summed E-state index contributed by atoms with van der Waals surface area (Å²) in [5.74, 6) is 0.836. The molecule has 6 N–H and O–H groups in total. The average Bonchev–Trinajstić information content (AvgIpc) is 0.917. The minimum absolute atomic E-state index is 0. The summed E-state index contributed by atoms with van der Waals surface area (Å²) in [7, 11) is -9.24. The molecule has 0 fully saturated rings. The Balaban J connectivity index is -0.00000850. The smallest absolute Gasteiger partial charge is 1.00 e. The van der Waals surface area contributed by atoms with Crippen molar-refractivity contribution < 1.29 is 123 Å². The van der Waals surface area contributed by atoms with Crippen LogP contribution in [0.25, 0.3) is 0 Å². The number of carbonyl (C=O) groups excluding carboxylic acids is 3. The minimum atomic E-state index is -4.62. The fourth-order valence-corrected chi connectivity index (χ4v) is 15.2. The summed E-state index contributed by atoms with van der Waals surface area (Å²) < 4.78 is 60.2. The van der Waals surface area contributed by atoms with Crippen LogP contribution in [0.3, 0.4) is 0 Å². The van der Waals surface area contributed by atoms with Crippen molar-refractivity contribution in [3.05, 3.63) is 0 Å². The van der Waals surface area contributed by atoms with E-state index in [-0.39, 0.29) is 127 Å². The van der Waals surface area contributed by atoms with Crippen molar-refractivity contribution in [3.8, 4) is 0 Å². The topological polar surface area (TPSA) is 229 Å². The summed E-state index contributed by atoms with van der Waals surface area (Å²) in [4.78, 5) is 60.8. The van der Waals surface area contributed by atoms with E-state index in [4.69, 9.17) is 27.6 Å². The Morgan fingerprint density at radius 1 is 0.298 bits per heavy atom. The molecule has 0 aromatic rings. The van der Waals surface area contributed by atoms with E-state index in [1.165, 1.54) is 321 Å². The number of ether oxygens (including phenoxy) is 2. The molecule has 612 valence electrons. The number of phosphoric acid groups is 2. The van der Waals surface area contributed by atoms with Gasteiger partial charge in [-0.3, -0.25) is 27.7 Å². The predicted molar refractivity (Wildman–Crippen MR) is 431 cm³/mol. The van der Waals surface area contributed by atoms with Gasteiger partial charge in [0.2, 0.25) is 11.8 Å². The van der Waals surface area contributed by atoms with Gasteiger partial charge in [0.25, 0.3) is 0 Å². The zero-order chi connectivity index (χ0) is 74.6. The van der Waals surface area contributed by atoms with Crippen LogP contribution in [-0.4, -0.2) is 106 Å². The van der Waals surface area contributed by atoms with Gasteiger partial charge in [-0.1, -0.05) is 388 Å². The molecule has 0 rings (SSSR count). The molecule has 2 unspecified atom stereocenters. The molecule has 0 aromatic heterocycles. The molecule has 4 amide bonds. The van der Waals surface area contributed by atoms with E-state index in [0.717, 1.165) is 51.4 Å². The first-order chi connectivity index (χ1) is 49.7. The van der Waals surface area contributed by atoms with Crippen LogP contribution in [0.2, 0.25) is 0 Å². The van der Waals surface area contributed by atoms with Gasteiger partial charge in [-0.25, -0.2) is 13.9 Å². The molecule has 0 aromatic carbocycles. The number of hydrogen-bond donors (Lipinski definition) is 6. The van der Waals surface area contributed by atoms with E-state index in [9.17, 15) is 33.3 Å². The fourth-order valence-electron chi connectivity index (χ4n) is 13.6. The second-order valence-corrected chi connectivity index (χ2v) is 33.2. The van der Waals surface area contributed by atoms with Crippen molar-refractivity contribution in [2.24, 2.45) is 11.8 Å². The molecule has 0 bridgehead atoms. The van der Waals surface area contributed by atoms with E-state index < -0.39 is 33.8 Å². The number of amides is 4.